The number of carbonyl (C=O) groups excluding carboxylic acids is 1. The van der Waals surface area contributed by atoms with E-state index in [1.807, 2.05) is 29.2 Å². The average molecular weight is 295 g/mol. The van der Waals surface area contributed by atoms with Gasteiger partial charge in [-0.05, 0) is 24.5 Å². The smallest absolute Gasteiger partial charge is 0.244 e. The fourth-order valence-corrected chi connectivity index (χ4v) is 3.31. The minimum atomic E-state index is -0.181. The van der Waals surface area contributed by atoms with Gasteiger partial charge in [-0.3, -0.25) is 4.79 Å². The van der Waals surface area contributed by atoms with E-state index in [2.05, 4.69) is 21.2 Å². The molecule has 0 aromatic heterocycles. The monoisotopic (exact) mass is 294 g/mol. The zero-order valence-electron chi connectivity index (χ0n) is 9.53. The minimum absolute atomic E-state index is 0.181. The van der Waals surface area contributed by atoms with Gasteiger partial charge in [0.25, 0.3) is 0 Å². The van der Waals surface area contributed by atoms with Crippen molar-refractivity contribution in [3.05, 3.63) is 34.3 Å². The van der Waals surface area contributed by atoms with Crippen LogP contribution in [0.3, 0.4) is 0 Å². The van der Waals surface area contributed by atoms with Gasteiger partial charge in [0.05, 0.1) is 0 Å². The summed E-state index contributed by atoms with van der Waals surface area (Å²) >= 11 is 3.52. The van der Waals surface area contributed by atoms with E-state index in [-0.39, 0.29) is 11.9 Å². The van der Waals surface area contributed by atoms with Crippen molar-refractivity contribution >= 4 is 21.8 Å². The number of rotatable bonds is 1. The lowest BCUT2D eigenvalue weighted by atomic mass is 10.0. The number of amides is 1. The Labute approximate surface area is 109 Å². The van der Waals surface area contributed by atoms with Crippen LogP contribution in [0.15, 0.2) is 28.7 Å². The highest BCUT2D eigenvalue weighted by atomic mass is 79.9. The van der Waals surface area contributed by atoms with Gasteiger partial charge in [0.1, 0.15) is 6.04 Å². The number of carbonyl (C=O) groups is 1. The molecule has 0 bridgehead atoms. The van der Waals surface area contributed by atoms with Crippen molar-refractivity contribution in [3.63, 3.8) is 0 Å². The maximum Gasteiger partial charge on any atom is 0.244 e. The highest BCUT2D eigenvalue weighted by Gasteiger charge is 2.38. The van der Waals surface area contributed by atoms with Crippen molar-refractivity contribution in [2.45, 2.75) is 24.9 Å². The van der Waals surface area contributed by atoms with Gasteiger partial charge in [0.15, 0.2) is 0 Å². The molecule has 0 saturated carbocycles. The number of halogens is 1. The molecule has 2 aliphatic rings. The normalized spacial score (nSPS) is 28.3. The van der Waals surface area contributed by atoms with Gasteiger partial charge in [-0.25, -0.2) is 0 Å². The quantitative estimate of drug-likeness (QED) is 0.860. The second-order valence-corrected chi connectivity index (χ2v) is 5.54. The zero-order valence-corrected chi connectivity index (χ0v) is 11.1. The van der Waals surface area contributed by atoms with E-state index < -0.39 is 0 Å². The average Bonchev–Trinajstić information content (AvgIpc) is 2.80. The summed E-state index contributed by atoms with van der Waals surface area (Å²) in [6, 6.07) is 8.18. The second-order valence-electron chi connectivity index (χ2n) is 4.69. The third-order valence-corrected chi connectivity index (χ3v) is 4.40. The van der Waals surface area contributed by atoms with Gasteiger partial charge < -0.3 is 10.2 Å². The lowest BCUT2D eigenvalue weighted by Gasteiger charge is -2.36. The van der Waals surface area contributed by atoms with Gasteiger partial charge >= 0.3 is 0 Å². The van der Waals surface area contributed by atoms with Gasteiger partial charge in [0, 0.05) is 23.6 Å². The molecule has 1 amide bonds. The fourth-order valence-electron chi connectivity index (χ4n) is 2.80. The predicted octanol–water partition coefficient (Wildman–Crippen LogP) is 2.08. The first kappa shape index (κ1) is 11.2. The van der Waals surface area contributed by atoms with Crippen LogP contribution < -0.4 is 5.32 Å². The van der Waals surface area contributed by atoms with E-state index in [4.69, 9.17) is 0 Å². The summed E-state index contributed by atoms with van der Waals surface area (Å²) in [5.74, 6) is 0.227. The molecule has 2 fully saturated rings. The van der Waals surface area contributed by atoms with Gasteiger partial charge in [-0.1, -0.05) is 34.1 Å². The van der Waals surface area contributed by atoms with Crippen molar-refractivity contribution in [2.75, 3.05) is 13.1 Å². The molecule has 17 heavy (non-hydrogen) atoms. The summed E-state index contributed by atoms with van der Waals surface area (Å²) in [4.78, 5) is 14.4. The Kier molecular flexibility index (Phi) is 2.92. The molecular formula is C13H15BrN2O. The van der Waals surface area contributed by atoms with Crippen LogP contribution in [0.2, 0.25) is 0 Å². The zero-order chi connectivity index (χ0) is 11.8. The number of nitrogens with zero attached hydrogens (tertiary/aromatic N) is 1. The van der Waals surface area contributed by atoms with Crippen LogP contribution in [0.1, 0.15) is 24.4 Å². The third kappa shape index (κ3) is 1.89. The molecule has 2 aliphatic heterocycles. The van der Waals surface area contributed by atoms with Crippen LogP contribution in [0.5, 0.6) is 0 Å². The molecule has 4 heteroatoms. The molecule has 2 saturated heterocycles. The molecule has 2 atom stereocenters. The summed E-state index contributed by atoms with van der Waals surface area (Å²) in [5.41, 5.74) is 1.04. The lowest BCUT2D eigenvalue weighted by molar-refractivity contribution is -0.137. The Morgan fingerprint density at radius 2 is 2.18 bits per heavy atom. The van der Waals surface area contributed by atoms with E-state index in [0.29, 0.717) is 6.04 Å². The molecule has 1 aromatic rings. The summed E-state index contributed by atoms with van der Waals surface area (Å²) in [7, 11) is 0. The fraction of sp³-hybridized carbons (Fsp3) is 0.462. The first-order valence-corrected chi connectivity index (χ1v) is 6.85. The number of fused-ring (bicyclic) bond motifs is 1. The molecule has 2 heterocycles. The van der Waals surface area contributed by atoms with Crippen molar-refractivity contribution < 1.29 is 4.79 Å². The van der Waals surface area contributed by atoms with Crippen LogP contribution in [0.4, 0.5) is 0 Å². The number of hydrogen-bond donors (Lipinski definition) is 1. The highest BCUT2D eigenvalue weighted by molar-refractivity contribution is 9.10. The Balaban J connectivity index is 1.90. The van der Waals surface area contributed by atoms with E-state index in [0.717, 1.165) is 36.0 Å². The largest absolute Gasteiger partial charge is 0.337 e. The maximum absolute atomic E-state index is 12.4. The number of benzene rings is 1. The number of nitrogens with one attached hydrogen (secondary N) is 1. The first-order chi connectivity index (χ1) is 8.27. The summed E-state index contributed by atoms with van der Waals surface area (Å²) < 4.78 is 1.00. The number of piperazine rings is 1. The van der Waals surface area contributed by atoms with Crippen LogP contribution >= 0.6 is 15.9 Å². The Morgan fingerprint density at radius 1 is 1.35 bits per heavy atom. The van der Waals surface area contributed by atoms with Gasteiger partial charge in [-0.2, -0.15) is 0 Å². The molecule has 2 unspecified atom stereocenters. The van der Waals surface area contributed by atoms with E-state index in [1.54, 1.807) is 0 Å². The summed E-state index contributed by atoms with van der Waals surface area (Å²) in [6.07, 6.45) is 2.28. The van der Waals surface area contributed by atoms with E-state index in [9.17, 15) is 4.79 Å². The van der Waals surface area contributed by atoms with Crippen molar-refractivity contribution in [2.24, 2.45) is 0 Å². The molecule has 90 valence electrons. The van der Waals surface area contributed by atoms with E-state index in [1.165, 1.54) is 0 Å². The van der Waals surface area contributed by atoms with Crippen molar-refractivity contribution in [3.8, 4) is 0 Å². The van der Waals surface area contributed by atoms with Crippen LogP contribution in [-0.2, 0) is 4.79 Å². The third-order valence-electron chi connectivity index (χ3n) is 3.68. The minimum Gasteiger partial charge on any atom is -0.337 e. The second kappa shape index (κ2) is 4.42. The number of hydrogen-bond acceptors (Lipinski definition) is 2. The molecule has 1 N–H and O–H groups in total. The summed E-state index contributed by atoms with van der Waals surface area (Å²) in [5, 5.41) is 3.38. The van der Waals surface area contributed by atoms with Crippen LogP contribution in [0.25, 0.3) is 0 Å². The molecule has 0 radical (unpaired) electrons. The standard InChI is InChI=1S/C13H15BrN2O/c14-11-6-2-1-5-10(11)12-13(17)16-7-3-4-9(16)8-15-12/h1-2,5-6,9,12,15H,3-4,7-8H2. The highest BCUT2D eigenvalue weighted by Crippen LogP contribution is 2.30. The van der Waals surface area contributed by atoms with Crippen LogP contribution in [-0.4, -0.2) is 29.9 Å². The van der Waals surface area contributed by atoms with Crippen molar-refractivity contribution in [1.29, 1.82) is 0 Å². The topological polar surface area (TPSA) is 32.3 Å². The molecular weight excluding hydrogens is 280 g/mol. The first-order valence-electron chi connectivity index (χ1n) is 6.05. The van der Waals surface area contributed by atoms with E-state index >= 15 is 0 Å². The maximum atomic E-state index is 12.4. The Hall–Kier alpha value is -0.870. The summed E-state index contributed by atoms with van der Waals surface area (Å²) in [6.45, 7) is 1.84. The molecule has 0 spiro atoms. The van der Waals surface area contributed by atoms with Gasteiger partial charge in [-0.15, -0.1) is 0 Å². The predicted molar refractivity (Wildman–Crippen MR) is 69.6 cm³/mol. The SMILES string of the molecule is O=C1C(c2ccccc2Br)NCC2CCCN12. The molecule has 3 rings (SSSR count). The Morgan fingerprint density at radius 3 is 3.00 bits per heavy atom. The van der Waals surface area contributed by atoms with Gasteiger partial charge in [0.2, 0.25) is 5.91 Å². The van der Waals surface area contributed by atoms with Crippen LogP contribution in [0, 0.1) is 0 Å². The lowest BCUT2D eigenvalue weighted by Crippen LogP contribution is -2.53. The molecule has 0 aliphatic carbocycles. The Bertz CT molecular complexity index is 449. The molecule has 3 nitrogen and oxygen atoms in total. The van der Waals surface area contributed by atoms with Crippen molar-refractivity contribution in [1.82, 2.24) is 10.2 Å². The molecule has 1 aromatic carbocycles.